The number of rotatable bonds is 5. The van der Waals surface area contributed by atoms with Crippen LogP contribution >= 0.6 is 0 Å². The molecule has 26 heavy (non-hydrogen) atoms. The van der Waals surface area contributed by atoms with E-state index in [1.165, 1.54) is 0 Å². The number of hydrogen-bond donors (Lipinski definition) is 0. The largest absolute Gasteiger partial charge is 0.489 e. The molecule has 0 heterocycles. The van der Waals surface area contributed by atoms with Crippen molar-refractivity contribution in [3.05, 3.63) is 95.6 Å². The first-order valence-electron chi connectivity index (χ1n) is 8.18. The fraction of sp³-hybridized carbons (Fsp3) is 0.0435. The van der Waals surface area contributed by atoms with Crippen molar-refractivity contribution in [1.29, 1.82) is 10.5 Å². The van der Waals surface area contributed by atoms with E-state index in [1.807, 2.05) is 91.0 Å². The molecule has 0 spiro atoms. The monoisotopic (exact) mass is 336 g/mol. The molecule has 0 unspecified atom stereocenters. The van der Waals surface area contributed by atoms with Crippen molar-refractivity contribution in [3.8, 4) is 29.0 Å². The lowest BCUT2D eigenvalue weighted by molar-refractivity contribution is 0.306. The maximum atomic E-state index is 9.01. The highest BCUT2D eigenvalue weighted by molar-refractivity contribution is 5.78. The Morgan fingerprint density at radius 3 is 2.35 bits per heavy atom. The number of allylic oxidation sites excluding steroid dienone is 1. The minimum absolute atomic E-state index is 0.0777. The Bertz CT molecular complexity index is 992. The highest BCUT2D eigenvalue weighted by Gasteiger charge is 2.06. The van der Waals surface area contributed by atoms with E-state index >= 15 is 0 Å². The summed E-state index contributed by atoms with van der Waals surface area (Å²) in [6.45, 7) is 0.499. The van der Waals surface area contributed by atoms with Crippen LogP contribution in [0.4, 0.5) is 0 Å². The molecule has 0 saturated heterocycles. The van der Waals surface area contributed by atoms with Gasteiger partial charge in [0.15, 0.2) is 0 Å². The lowest BCUT2D eigenvalue weighted by Crippen LogP contribution is -1.95. The van der Waals surface area contributed by atoms with Gasteiger partial charge in [-0.2, -0.15) is 10.5 Å². The van der Waals surface area contributed by atoms with E-state index in [-0.39, 0.29) is 5.57 Å². The molecule has 0 aromatic heterocycles. The third-order valence-corrected chi connectivity index (χ3v) is 3.89. The summed E-state index contributed by atoms with van der Waals surface area (Å²) in [7, 11) is 0. The van der Waals surface area contributed by atoms with E-state index in [2.05, 4.69) is 0 Å². The van der Waals surface area contributed by atoms with E-state index in [0.29, 0.717) is 6.61 Å². The van der Waals surface area contributed by atoms with Crippen LogP contribution in [0.2, 0.25) is 0 Å². The third-order valence-electron chi connectivity index (χ3n) is 3.89. The van der Waals surface area contributed by atoms with Crippen molar-refractivity contribution in [3.63, 3.8) is 0 Å². The molecular formula is C23H16N2O. The Morgan fingerprint density at radius 1 is 0.846 bits per heavy atom. The van der Waals surface area contributed by atoms with Gasteiger partial charge in [0.2, 0.25) is 0 Å². The topological polar surface area (TPSA) is 56.8 Å². The van der Waals surface area contributed by atoms with Crippen LogP contribution in [0, 0.1) is 22.7 Å². The standard InChI is InChI=1S/C23H16N2O/c24-15-19(16-25)13-20-9-4-5-12-23(20)21-10-6-11-22(14-21)26-17-18-7-2-1-3-8-18/h1-14H,17H2. The summed E-state index contributed by atoms with van der Waals surface area (Å²) in [5.41, 5.74) is 3.92. The smallest absolute Gasteiger partial charge is 0.130 e. The summed E-state index contributed by atoms with van der Waals surface area (Å²) in [5.74, 6) is 0.769. The Kier molecular flexibility index (Phi) is 5.45. The van der Waals surface area contributed by atoms with E-state index in [0.717, 1.165) is 28.0 Å². The van der Waals surface area contributed by atoms with Crippen molar-refractivity contribution in [2.24, 2.45) is 0 Å². The van der Waals surface area contributed by atoms with Gasteiger partial charge in [-0.1, -0.05) is 66.7 Å². The maximum Gasteiger partial charge on any atom is 0.130 e. The predicted octanol–water partition coefficient (Wildman–Crippen LogP) is 5.36. The molecule has 124 valence electrons. The summed E-state index contributed by atoms with van der Waals surface area (Å²) in [4.78, 5) is 0. The first kappa shape index (κ1) is 17.0. The molecule has 3 rings (SSSR count). The first-order valence-corrected chi connectivity index (χ1v) is 8.18. The summed E-state index contributed by atoms with van der Waals surface area (Å²) in [6, 6.07) is 29.3. The Balaban J connectivity index is 1.88. The van der Waals surface area contributed by atoms with Crippen LogP contribution in [0.5, 0.6) is 5.75 Å². The zero-order valence-corrected chi connectivity index (χ0v) is 14.1. The normalized spacial score (nSPS) is 9.62. The van der Waals surface area contributed by atoms with Crippen molar-refractivity contribution in [1.82, 2.24) is 0 Å². The predicted molar refractivity (Wildman–Crippen MR) is 102 cm³/mol. The van der Waals surface area contributed by atoms with Crippen LogP contribution in [-0.2, 0) is 6.61 Å². The zero-order valence-electron chi connectivity index (χ0n) is 14.1. The fourth-order valence-electron chi connectivity index (χ4n) is 2.63. The van der Waals surface area contributed by atoms with Crippen LogP contribution in [0.15, 0.2) is 84.4 Å². The molecular weight excluding hydrogens is 320 g/mol. The lowest BCUT2D eigenvalue weighted by Gasteiger charge is -2.10. The van der Waals surface area contributed by atoms with E-state index < -0.39 is 0 Å². The van der Waals surface area contributed by atoms with Gasteiger partial charge in [0.05, 0.1) is 0 Å². The van der Waals surface area contributed by atoms with Crippen LogP contribution < -0.4 is 4.74 Å². The number of benzene rings is 3. The van der Waals surface area contributed by atoms with Crippen molar-refractivity contribution in [2.75, 3.05) is 0 Å². The Hall–Kier alpha value is -3.82. The average Bonchev–Trinajstić information content (AvgIpc) is 2.72. The van der Waals surface area contributed by atoms with E-state index in [9.17, 15) is 0 Å². The Labute approximate surface area is 153 Å². The van der Waals surface area contributed by atoms with Crippen LogP contribution in [0.3, 0.4) is 0 Å². The molecule has 0 saturated carbocycles. The minimum Gasteiger partial charge on any atom is -0.489 e. The van der Waals surface area contributed by atoms with Gasteiger partial charge in [0.1, 0.15) is 30.1 Å². The van der Waals surface area contributed by atoms with Crippen molar-refractivity contribution in [2.45, 2.75) is 6.61 Å². The lowest BCUT2D eigenvalue weighted by atomic mass is 9.98. The molecule has 0 aliphatic heterocycles. The van der Waals surface area contributed by atoms with Gasteiger partial charge < -0.3 is 4.74 Å². The number of hydrogen-bond acceptors (Lipinski definition) is 3. The highest BCUT2D eigenvalue weighted by Crippen LogP contribution is 2.28. The number of nitriles is 2. The second-order valence-corrected chi connectivity index (χ2v) is 5.67. The molecule has 0 atom stereocenters. The number of ether oxygens (including phenoxy) is 1. The SMILES string of the molecule is N#CC(C#N)=Cc1ccccc1-c1cccc(OCc2ccccc2)c1. The Morgan fingerprint density at radius 2 is 1.58 bits per heavy atom. The number of nitrogens with zero attached hydrogens (tertiary/aromatic N) is 2. The fourth-order valence-corrected chi connectivity index (χ4v) is 2.63. The highest BCUT2D eigenvalue weighted by atomic mass is 16.5. The maximum absolute atomic E-state index is 9.01. The molecule has 0 bridgehead atoms. The summed E-state index contributed by atoms with van der Waals surface area (Å²) in [5, 5.41) is 18.0. The van der Waals surface area contributed by atoms with Gasteiger partial charge in [-0.15, -0.1) is 0 Å². The van der Waals surface area contributed by atoms with Crippen molar-refractivity contribution < 1.29 is 4.74 Å². The second-order valence-electron chi connectivity index (χ2n) is 5.67. The molecule has 0 fully saturated rings. The summed E-state index contributed by atoms with van der Waals surface area (Å²) < 4.78 is 5.90. The molecule has 0 radical (unpaired) electrons. The van der Waals surface area contributed by atoms with Crippen molar-refractivity contribution >= 4 is 6.08 Å². The minimum atomic E-state index is 0.0777. The third kappa shape index (κ3) is 4.17. The quantitative estimate of drug-likeness (QED) is 0.589. The van der Waals surface area contributed by atoms with Gasteiger partial charge in [-0.05, 0) is 40.5 Å². The summed E-state index contributed by atoms with van der Waals surface area (Å²) in [6.07, 6.45) is 1.60. The van der Waals surface area contributed by atoms with Gasteiger partial charge in [-0.25, -0.2) is 0 Å². The van der Waals surface area contributed by atoms with Gasteiger partial charge in [0, 0.05) is 0 Å². The second kappa shape index (κ2) is 8.33. The molecule has 3 nitrogen and oxygen atoms in total. The van der Waals surface area contributed by atoms with Gasteiger partial charge in [0.25, 0.3) is 0 Å². The molecule has 0 amide bonds. The molecule has 3 heteroatoms. The van der Waals surface area contributed by atoms with Gasteiger partial charge >= 0.3 is 0 Å². The first-order chi connectivity index (χ1) is 12.8. The molecule has 0 N–H and O–H groups in total. The molecule has 0 aliphatic carbocycles. The van der Waals surface area contributed by atoms with Crippen LogP contribution in [0.1, 0.15) is 11.1 Å². The van der Waals surface area contributed by atoms with Crippen LogP contribution in [-0.4, -0.2) is 0 Å². The molecule has 3 aromatic rings. The van der Waals surface area contributed by atoms with Gasteiger partial charge in [-0.3, -0.25) is 0 Å². The molecule has 3 aromatic carbocycles. The molecule has 0 aliphatic rings. The zero-order chi connectivity index (χ0) is 18.2. The summed E-state index contributed by atoms with van der Waals surface area (Å²) >= 11 is 0. The average molecular weight is 336 g/mol. The van der Waals surface area contributed by atoms with E-state index in [4.69, 9.17) is 15.3 Å². The van der Waals surface area contributed by atoms with Crippen LogP contribution in [0.25, 0.3) is 17.2 Å². The van der Waals surface area contributed by atoms with E-state index in [1.54, 1.807) is 6.08 Å².